The number of carbonyl (C=O) groups excluding carboxylic acids is 3. The Morgan fingerprint density at radius 3 is 1.88 bits per heavy atom. The topological polar surface area (TPSA) is 140 Å². The highest BCUT2D eigenvalue weighted by atomic mass is 16.5. The Labute approximate surface area is 288 Å². The molecule has 5 aromatic rings. The summed E-state index contributed by atoms with van der Waals surface area (Å²) in [5, 5.41) is 34.8. The predicted octanol–water partition coefficient (Wildman–Crippen LogP) is 5.69. The van der Waals surface area contributed by atoms with E-state index in [9.17, 15) is 29.7 Å². The molecule has 0 aromatic heterocycles. The van der Waals surface area contributed by atoms with Gasteiger partial charge in [-0.1, -0.05) is 84.9 Å². The minimum Gasteiger partial charge on any atom is -0.507 e. The van der Waals surface area contributed by atoms with Crippen molar-refractivity contribution in [2.45, 2.75) is 30.5 Å². The molecule has 0 amide bonds. The van der Waals surface area contributed by atoms with E-state index in [2.05, 4.69) is 0 Å². The van der Waals surface area contributed by atoms with Crippen molar-refractivity contribution in [1.82, 2.24) is 0 Å². The van der Waals surface area contributed by atoms with Crippen LogP contribution in [0.5, 0.6) is 23.0 Å². The van der Waals surface area contributed by atoms with Crippen LogP contribution in [0.4, 0.5) is 0 Å². The number of hydrogen-bond acceptors (Lipinski definition) is 9. The van der Waals surface area contributed by atoms with E-state index in [0.717, 1.165) is 16.7 Å². The summed E-state index contributed by atoms with van der Waals surface area (Å²) in [6.45, 7) is -0.524. The van der Waals surface area contributed by atoms with E-state index < -0.39 is 53.1 Å². The average molecular weight is 671 g/mol. The summed E-state index contributed by atoms with van der Waals surface area (Å²) in [6.07, 6.45) is -0.580. The van der Waals surface area contributed by atoms with Crippen molar-refractivity contribution in [1.29, 1.82) is 0 Å². The third-order valence-electron chi connectivity index (χ3n) is 9.89. The first-order chi connectivity index (χ1) is 24.1. The lowest BCUT2D eigenvalue weighted by Gasteiger charge is -2.38. The minimum atomic E-state index is -2.02. The molecule has 9 heteroatoms. The number of phenolic OH excluding ortho intramolecular Hbond substituents is 2. The van der Waals surface area contributed by atoms with Gasteiger partial charge in [0.15, 0.2) is 11.6 Å². The highest BCUT2D eigenvalue weighted by Crippen LogP contribution is 2.48. The number of ketones is 3. The number of rotatable bonds is 9. The molecule has 3 N–H and O–H groups in total. The van der Waals surface area contributed by atoms with Crippen LogP contribution in [0, 0.1) is 0 Å². The molecule has 7 rings (SSSR count). The highest BCUT2D eigenvalue weighted by molar-refractivity contribution is 6.31. The van der Waals surface area contributed by atoms with Gasteiger partial charge in [-0.3, -0.25) is 14.4 Å². The van der Waals surface area contributed by atoms with Gasteiger partial charge >= 0.3 is 0 Å². The van der Waals surface area contributed by atoms with Gasteiger partial charge in [0.2, 0.25) is 5.78 Å². The minimum absolute atomic E-state index is 0.000957. The van der Waals surface area contributed by atoms with Crippen LogP contribution in [-0.2, 0) is 28.0 Å². The van der Waals surface area contributed by atoms with E-state index in [1.54, 1.807) is 13.2 Å². The summed E-state index contributed by atoms with van der Waals surface area (Å²) < 4.78 is 17.4. The molecule has 0 radical (unpaired) electrons. The molecule has 0 aliphatic heterocycles. The first kappa shape index (κ1) is 32.8. The summed E-state index contributed by atoms with van der Waals surface area (Å²) in [6, 6.07) is 30.8. The largest absolute Gasteiger partial charge is 0.507 e. The summed E-state index contributed by atoms with van der Waals surface area (Å²) >= 11 is 0. The maximum atomic E-state index is 14.1. The molecule has 252 valence electrons. The van der Waals surface area contributed by atoms with Crippen LogP contribution in [0.15, 0.2) is 103 Å². The number of carbonyl (C=O) groups is 3. The summed E-state index contributed by atoms with van der Waals surface area (Å²) in [7, 11) is 2.95. The predicted molar refractivity (Wildman–Crippen MR) is 183 cm³/mol. The zero-order chi connectivity index (χ0) is 35.2. The fourth-order valence-electron chi connectivity index (χ4n) is 7.29. The number of ether oxygens (including phenoxy) is 3. The number of fused-ring (bicyclic) bond motifs is 3. The van der Waals surface area contributed by atoms with Gasteiger partial charge in [-0.15, -0.1) is 0 Å². The Balaban J connectivity index is 1.26. The molecule has 0 bridgehead atoms. The summed E-state index contributed by atoms with van der Waals surface area (Å²) in [4.78, 5) is 41.5. The molecule has 1 atom stereocenters. The van der Waals surface area contributed by atoms with Crippen molar-refractivity contribution >= 4 is 17.3 Å². The Morgan fingerprint density at radius 1 is 0.700 bits per heavy atom. The smallest absolute Gasteiger partial charge is 0.202 e. The van der Waals surface area contributed by atoms with E-state index in [-0.39, 0.29) is 52.0 Å². The summed E-state index contributed by atoms with van der Waals surface area (Å²) in [5.41, 5.74) is -1.52. The number of benzene rings is 5. The van der Waals surface area contributed by atoms with Crippen molar-refractivity contribution in [3.05, 3.63) is 153 Å². The van der Waals surface area contributed by atoms with E-state index in [0.29, 0.717) is 5.75 Å². The number of phenols is 2. The standard InChI is InChI=1S/C41H34O9/c1-48-27-18-16-26(17-19-27)41(24-10-5-3-6-11-24,25-12-7-4-8-13-25)50-23-32(42)40(47)21-20-28-30(22-40)38(45)34-35(36(28)43)39(46)33-29(37(34)44)14-9-15-31(33)49-2/h3-19,43,45,47H,20-23H2,1-2H3. The number of aromatic hydroxyl groups is 2. The Kier molecular flexibility index (Phi) is 8.25. The molecule has 2 aliphatic rings. The van der Waals surface area contributed by atoms with Gasteiger partial charge < -0.3 is 29.5 Å². The van der Waals surface area contributed by atoms with Crippen molar-refractivity contribution in [2.24, 2.45) is 0 Å². The van der Waals surface area contributed by atoms with Crippen LogP contribution in [0.2, 0.25) is 0 Å². The Bertz CT molecular complexity index is 2100. The monoisotopic (exact) mass is 670 g/mol. The first-order valence-corrected chi connectivity index (χ1v) is 16.2. The molecule has 2 aliphatic carbocycles. The zero-order valence-electron chi connectivity index (χ0n) is 27.4. The van der Waals surface area contributed by atoms with E-state index in [1.165, 1.54) is 19.2 Å². The van der Waals surface area contributed by atoms with Crippen LogP contribution in [0.25, 0.3) is 0 Å². The zero-order valence-corrected chi connectivity index (χ0v) is 27.4. The average Bonchev–Trinajstić information content (AvgIpc) is 3.16. The quantitative estimate of drug-likeness (QED) is 0.131. The van der Waals surface area contributed by atoms with Crippen LogP contribution < -0.4 is 9.47 Å². The number of aliphatic hydroxyl groups is 1. The van der Waals surface area contributed by atoms with Gasteiger partial charge in [0.05, 0.1) is 30.9 Å². The fourth-order valence-corrected chi connectivity index (χ4v) is 7.29. The molecule has 0 heterocycles. The fraction of sp³-hybridized carbons (Fsp3) is 0.195. The Hall–Kier alpha value is -5.77. The lowest BCUT2D eigenvalue weighted by Crippen LogP contribution is -2.47. The molecular weight excluding hydrogens is 636 g/mol. The molecule has 0 saturated heterocycles. The second kappa shape index (κ2) is 12.6. The Morgan fingerprint density at radius 2 is 1.28 bits per heavy atom. The summed E-state index contributed by atoms with van der Waals surface area (Å²) in [5.74, 6) is -2.19. The van der Waals surface area contributed by atoms with Gasteiger partial charge in [0.1, 0.15) is 40.8 Å². The van der Waals surface area contributed by atoms with Crippen LogP contribution in [-0.4, -0.2) is 59.1 Å². The normalized spacial score (nSPS) is 16.6. The molecule has 0 spiro atoms. The van der Waals surface area contributed by atoms with E-state index in [1.807, 2.05) is 84.9 Å². The molecular formula is C41H34O9. The van der Waals surface area contributed by atoms with Gasteiger partial charge in [0.25, 0.3) is 0 Å². The van der Waals surface area contributed by atoms with Gasteiger partial charge in [-0.25, -0.2) is 0 Å². The van der Waals surface area contributed by atoms with E-state index in [4.69, 9.17) is 14.2 Å². The third-order valence-corrected chi connectivity index (χ3v) is 9.89. The van der Waals surface area contributed by atoms with Crippen molar-refractivity contribution in [2.75, 3.05) is 20.8 Å². The van der Waals surface area contributed by atoms with E-state index >= 15 is 0 Å². The molecule has 9 nitrogen and oxygen atoms in total. The first-order valence-electron chi connectivity index (χ1n) is 16.2. The number of methoxy groups -OCH3 is 2. The van der Waals surface area contributed by atoms with Gasteiger partial charge in [-0.2, -0.15) is 0 Å². The van der Waals surface area contributed by atoms with Crippen LogP contribution in [0.1, 0.15) is 66.1 Å². The number of hydrogen-bond donors (Lipinski definition) is 3. The van der Waals surface area contributed by atoms with Crippen LogP contribution in [0.3, 0.4) is 0 Å². The molecule has 0 fully saturated rings. The van der Waals surface area contributed by atoms with Gasteiger partial charge in [-0.05, 0) is 47.7 Å². The third kappa shape index (κ3) is 5.05. The molecule has 50 heavy (non-hydrogen) atoms. The second-order valence-electron chi connectivity index (χ2n) is 12.5. The SMILES string of the molecule is COc1ccc(C(OCC(=O)C2(O)CCc3c(O)c4c(c(O)c3C2)C(=O)c2cccc(OC)c2C4=O)(c2ccccc2)c2ccccc2)cc1. The van der Waals surface area contributed by atoms with Crippen LogP contribution >= 0.6 is 0 Å². The lowest BCUT2D eigenvalue weighted by molar-refractivity contribution is -0.147. The highest BCUT2D eigenvalue weighted by Gasteiger charge is 2.47. The number of Topliss-reactive ketones (excluding diaryl/α,β-unsaturated/α-hetero) is 1. The van der Waals surface area contributed by atoms with Crippen molar-refractivity contribution < 1.29 is 43.9 Å². The molecule has 5 aromatic carbocycles. The molecule has 1 unspecified atom stereocenters. The lowest BCUT2D eigenvalue weighted by atomic mass is 9.73. The van der Waals surface area contributed by atoms with Gasteiger partial charge in [0, 0.05) is 23.1 Å². The maximum absolute atomic E-state index is 14.1. The maximum Gasteiger partial charge on any atom is 0.202 e. The second-order valence-corrected chi connectivity index (χ2v) is 12.5. The van der Waals surface area contributed by atoms with Crippen molar-refractivity contribution in [3.8, 4) is 23.0 Å². The van der Waals surface area contributed by atoms with Crippen molar-refractivity contribution in [3.63, 3.8) is 0 Å². The molecule has 0 saturated carbocycles.